The van der Waals surface area contributed by atoms with Crippen LogP contribution in [0.25, 0.3) is 0 Å². The molecule has 0 spiro atoms. The van der Waals surface area contributed by atoms with Crippen molar-refractivity contribution in [3.63, 3.8) is 0 Å². The lowest BCUT2D eigenvalue weighted by molar-refractivity contribution is -0.170. The third-order valence-electron chi connectivity index (χ3n) is 7.04. The first kappa shape index (κ1) is 20.2. The van der Waals surface area contributed by atoms with Crippen LogP contribution in [0.2, 0.25) is 0 Å². The van der Waals surface area contributed by atoms with Gasteiger partial charge in [-0.2, -0.15) is 5.10 Å². The third-order valence-corrected chi connectivity index (χ3v) is 7.04. The van der Waals surface area contributed by atoms with Gasteiger partial charge in [0.15, 0.2) is 11.5 Å². The van der Waals surface area contributed by atoms with Crippen LogP contribution in [0.15, 0.2) is 23.3 Å². The van der Waals surface area contributed by atoms with Crippen molar-refractivity contribution in [2.24, 2.45) is 27.3 Å². The fourth-order valence-corrected chi connectivity index (χ4v) is 7.10. The molecule has 1 amide bonds. The summed E-state index contributed by atoms with van der Waals surface area (Å²) in [6.45, 7) is 8.73. The number of carbonyl (C=O) groups is 1. The van der Waals surface area contributed by atoms with Gasteiger partial charge in [0.2, 0.25) is 5.91 Å². The van der Waals surface area contributed by atoms with Crippen molar-refractivity contribution in [1.82, 2.24) is 5.43 Å². The monoisotopic (exact) mass is 398 g/mol. The molecule has 0 radical (unpaired) electrons. The number of ether oxygens (including phenoxy) is 2. The van der Waals surface area contributed by atoms with Crippen LogP contribution in [0.5, 0.6) is 11.5 Å². The summed E-state index contributed by atoms with van der Waals surface area (Å²) in [5.74, 6) is 2.16. The van der Waals surface area contributed by atoms with Gasteiger partial charge in [-0.3, -0.25) is 4.79 Å². The topological polar surface area (TPSA) is 59.9 Å². The van der Waals surface area contributed by atoms with Crippen molar-refractivity contribution in [2.45, 2.75) is 72.3 Å². The molecule has 158 valence electrons. The van der Waals surface area contributed by atoms with Gasteiger partial charge in [-0.15, -0.1) is 0 Å². The smallest absolute Gasteiger partial charge is 0.246 e. The van der Waals surface area contributed by atoms with Crippen LogP contribution in [0, 0.1) is 22.2 Å². The molecule has 2 atom stereocenters. The van der Waals surface area contributed by atoms with E-state index in [0.29, 0.717) is 28.2 Å². The number of nitrogens with zero attached hydrogens (tertiary/aromatic N) is 1. The lowest BCUT2D eigenvalue weighted by Gasteiger charge is -2.64. The standard InChI is InChI=1S/C24H34N2O3/c1-16(2)29-19-7-6-17(8-20(19)28-5)12-25-26-21(27)24-11-18-9-22(3,14-24)13-23(4,10-18)15-24/h6-8,12,16,18H,9-11,13-15H2,1-5H3,(H,26,27)/b25-12+. The van der Waals surface area contributed by atoms with E-state index >= 15 is 0 Å². The summed E-state index contributed by atoms with van der Waals surface area (Å²) < 4.78 is 11.2. The summed E-state index contributed by atoms with van der Waals surface area (Å²) in [6.07, 6.45) is 8.62. The molecule has 1 aromatic carbocycles. The van der Waals surface area contributed by atoms with Crippen molar-refractivity contribution in [2.75, 3.05) is 7.11 Å². The number of hydrazone groups is 1. The number of carbonyl (C=O) groups excluding carboxylic acids is 1. The number of nitrogens with one attached hydrogen (secondary N) is 1. The zero-order valence-corrected chi connectivity index (χ0v) is 18.4. The SMILES string of the molecule is COc1cc(/C=N/NC(=O)C23CC4CC(C)(CC(C)(C4)C2)C3)ccc1OC(C)C. The van der Waals surface area contributed by atoms with Crippen LogP contribution >= 0.6 is 0 Å². The number of methoxy groups -OCH3 is 1. The number of hydrogen-bond acceptors (Lipinski definition) is 4. The molecule has 29 heavy (non-hydrogen) atoms. The quantitative estimate of drug-likeness (QED) is 0.546. The molecule has 1 N–H and O–H groups in total. The van der Waals surface area contributed by atoms with Gasteiger partial charge >= 0.3 is 0 Å². The van der Waals surface area contributed by atoms with Gasteiger partial charge < -0.3 is 9.47 Å². The molecule has 4 aliphatic rings. The molecule has 0 heterocycles. The normalized spacial score (nSPS) is 35.3. The van der Waals surface area contributed by atoms with E-state index in [4.69, 9.17) is 9.47 Å². The molecule has 5 rings (SSSR count). The molecule has 4 bridgehead atoms. The van der Waals surface area contributed by atoms with E-state index in [9.17, 15) is 4.79 Å². The van der Waals surface area contributed by atoms with Crippen LogP contribution in [0.4, 0.5) is 0 Å². The Labute approximate surface area is 174 Å². The van der Waals surface area contributed by atoms with Crippen molar-refractivity contribution in [1.29, 1.82) is 0 Å². The molecule has 0 saturated heterocycles. The minimum absolute atomic E-state index is 0.0757. The van der Waals surface area contributed by atoms with Crippen molar-refractivity contribution in [3.05, 3.63) is 23.8 Å². The third kappa shape index (κ3) is 3.88. The van der Waals surface area contributed by atoms with Gasteiger partial charge in [-0.25, -0.2) is 5.43 Å². The van der Waals surface area contributed by atoms with Gasteiger partial charge in [-0.05, 0) is 92.9 Å². The molecule has 1 aromatic rings. The zero-order chi connectivity index (χ0) is 20.9. The summed E-state index contributed by atoms with van der Waals surface area (Å²) in [6, 6.07) is 5.67. The van der Waals surface area contributed by atoms with E-state index in [1.54, 1.807) is 13.3 Å². The second-order valence-corrected chi connectivity index (χ2v) is 10.7. The maximum Gasteiger partial charge on any atom is 0.246 e. The summed E-state index contributed by atoms with van der Waals surface area (Å²) in [5, 5.41) is 4.29. The Morgan fingerprint density at radius 2 is 1.83 bits per heavy atom. The van der Waals surface area contributed by atoms with E-state index < -0.39 is 0 Å². The van der Waals surface area contributed by atoms with Crippen LogP contribution in [0.1, 0.15) is 71.8 Å². The molecule has 4 saturated carbocycles. The van der Waals surface area contributed by atoms with E-state index in [0.717, 1.165) is 24.8 Å². The van der Waals surface area contributed by atoms with Gasteiger partial charge in [-0.1, -0.05) is 13.8 Å². The zero-order valence-electron chi connectivity index (χ0n) is 18.4. The number of benzene rings is 1. The Kier molecular flexibility index (Phi) is 4.91. The lowest BCUT2D eigenvalue weighted by atomic mass is 9.40. The lowest BCUT2D eigenvalue weighted by Crippen LogP contribution is -2.59. The maximum atomic E-state index is 13.2. The van der Waals surface area contributed by atoms with Crippen LogP contribution < -0.4 is 14.9 Å². The highest BCUT2D eigenvalue weighted by Crippen LogP contribution is 2.69. The second-order valence-electron chi connectivity index (χ2n) is 10.7. The highest BCUT2D eigenvalue weighted by atomic mass is 16.5. The molecule has 0 aliphatic heterocycles. The van der Waals surface area contributed by atoms with Crippen LogP contribution in [-0.2, 0) is 4.79 Å². The summed E-state index contributed by atoms with van der Waals surface area (Å²) >= 11 is 0. The first-order valence-electron chi connectivity index (χ1n) is 10.8. The van der Waals surface area contributed by atoms with Crippen LogP contribution in [-0.4, -0.2) is 25.3 Å². The maximum absolute atomic E-state index is 13.2. The van der Waals surface area contributed by atoms with Gasteiger partial charge in [0.25, 0.3) is 0 Å². The molecular weight excluding hydrogens is 364 g/mol. The predicted octanol–water partition coefficient (Wildman–Crippen LogP) is 4.93. The highest BCUT2D eigenvalue weighted by molar-refractivity contribution is 5.86. The summed E-state index contributed by atoms with van der Waals surface area (Å²) in [4.78, 5) is 13.2. The first-order chi connectivity index (χ1) is 13.6. The molecule has 0 aromatic heterocycles. The number of hydrogen-bond donors (Lipinski definition) is 1. The molecule has 4 aliphatic carbocycles. The van der Waals surface area contributed by atoms with E-state index in [1.165, 1.54) is 19.3 Å². The fourth-order valence-electron chi connectivity index (χ4n) is 7.10. The van der Waals surface area contributed by atoms with E-state index in [1.807, 2.05) is 32.0 Å². The minimum Gasteiger partial charge on any atom is -0.493 e. The Morgan fingerprint density at radius 3 is 2.41 bits per heavy atom. The Balaban J connectivity index is 1.45. The summed E-state index contributed by atoms with van der Waals surface area (Å²) in [5.41, 5.74) is 4.11. The van der Waals surface area contributed by atoms with Crippen molar-refractivity contribution < 1.29 is 14.3 Å². The van der Waals surface area contributed by atoms with Crippen LogP contribution in [0.3, 0.4) is 0 Å². The number of rotatable bonds is 6. The molecule has 4 fully saturated rings. The van der Waals surface area contributed by atoms with Gasteiger partial charge in [0, 0.05) is 0 Å². The van der Waals surface area contributed by atoms with Crippen molar-refractivity contribution >= 4 is 12.1 Å². The molecule has 5 heteroatoms. The van der Waals surface area contributed by atoms with Gasteiger partial charge in [0.1, 0.15) is 0 Å². The predicted molar refractivity (Wildman–Crippen MR) is 114 cm³/mol. The fraction of sp³-hybridized carbons (Fsp3) is 0.667. The minimum atomic E-state index is -0.243. The largest absolute Gasteiger partial charge is 0.493 e. The Morgan fingerprint density at radius 1 is 1.14 bits per heavy atom. The molecule has 2 unspecified atom stereocenters. The van der Waals surface area contributed by atoms with Crippen molar-refractivity contribution in [3.8, 4) is 11.5 Å². The number of amides is 1. The highest BCUT2D eigenvalue weighted by Gasteiger charge is 2.62. The average Bonchev–Trinajstić information content (AvgIpc) is 2.59. The van der Waals surface area contributed by atoms with E-state index in [2.05, 4.69) is 24.4 Å². The average molecular weight is 399 g/mol. The Bertz CT molecular complexity index is 813. The Hall–Kier alpha value is -2.04. The second kappa shape index (κ2) is 7.03. The molecular formula is C24H34N2O3. The van der Waals surface area contributed by atoms with E-state index in [-0.39, 0.29) is 17.4 Å². The first-order valence-corrected chi connectivity index (χ1v) is 10.8. The summed E-state index contributed by atoms with van der Waals surface area (Å²) in [7, 11) is 1.62. The molecule has 5 nitrogen and oxygen atoms in total. The van der Waals surface area contributed by atoms with Gasteiger partial charge in [0.05, 0.1) is 24.8 Å².